The highest BCUT2D eigenvalue weighted by Crippen LogP contribution is 2.16. The lowest BCUT2D eigenvalue weighted by Gasteiger charge is -2.12. The molecule has 0 spiro atoms. The maximum atomic E-state index is 11.0. The Balaban J connectivity index is 3.05. The van der Waals surface area contributed by atoms with E-state index in [-0.39, 0.29) is 0 Å². The Labute approximate surface area is 100 Å². The fourth-order valence-corrected chi connectivity index (χ4v) is 1.37. The van der Waals surface area contributed by atoms with Crippen molar-refractivity contribution < 1.29 is 4.79 Å². The summed E-state index contributed by atoms with van der Waals surface area (Å²) in [6.07, 6.45) is 6.07. The second-order valence-electron chi connectivity index (χ2n) is 3.47. The minimum absolute atomic E-state index is 0.345. The predicted octanol–water partition coefficient (Wildman–Crippen LogP) is 3.09. The van der Waals surface area contributed by atoms with Crippen molar-refractivity contribution in [3.05, 3.63) is 52.7 Å². The van der Waals surface area contributed by atoms with Crippen molar-refractivity contribution in [1.82, 2.24) is 4.90 Å². The van der Waals surface area contributed by atoms with Crippen molar-refractivity contribution in [3.8, 4) is 0 Å². The van der Waals surface area contributed by atoms with Gasteiger partial charge in [0.15, 0.2) is 6.29 Å². The van der Waals surface area contributed by atoms with Gasteiger partial charge in [-0.05, 0) is 42.1 Å². The Morgan fingerprint density at radius 3 is 2.76 bits per heavy atom. The molecule has 4 nitrogen and oxygen atoms in total. The third kappa shape index (κ3) is 3.68. The van der Waals surface area contributed by atoms with Gasteiger partial charge in [-0.3, -0.25) is 4.79 Å². The first-order valence-corrected chi connectivity index (χ1v) is 5.17. The van der Waals surface area contributed by atoms with Gasteiger partial charge in [0.05, 0.1) is 5.70 Å². The lowest BCUT2D eigenvalue weighted by atomic mass is 10.1. The topological polar surface area (TPSA) is 49.7 Å². The molecular formula is C13H14N2O2. The number of hydrogen-bond donors (Lipinski definition) is 0. The number of carbonyl (C=O) groups is 1. The van der Waals surface area contributed by atoms with Gasteiger partial charge in [-0.1, -0.05) is 18.2 Å². The van der Waals surface area contributed by atoms with Crippen LogP contribution >= 0.6 is 0 Å². The molecule has 0 aliphatic heterocycles. The summed E-state index contributed by atoms with van der Waals surface area (Å²) in [4.78, 5) is 23.0. The van der Waals surface area contributed by atoms with Gasteiger partial charge in [0.1, 0.15) is 5.69 Å². The number of allylic oxidation sites excluding steroid dienone is 2. The molecule has 0 unspecified atom stereocenters. The molecule has 4 heteroatoms. The highest BCUT2D eigenvalue weighted by molar-refractivity contribution is 5.81. The molecule has 17 heavy (non-hydrogen) atoms. The lowest BCUT2D eigenvalue weighted by molar-refractivity contribution is -0.105. The van der Waals surface area contributed by atoms with Crippen molar-refractivity contribution in [2.75, 3.05) is 7.05 Å². The van der Waals surface area contributed by atoms with Gasteiger partial charge in [-0.2, -0.15) is 0 Å². The standard InChI is InChI=1S/C13H14N2O2/c1-3-7-15(2)13(10-16)9-11-5-4-6-12(8-11)14-17/h3-10H,1-2H3/b7-3+,13-9-. The first kappa shape index (κ1) is 12.8. The van der Waals surface area contributed by atoms with Crippen LogP contribution in [0.3, 0.4) is 0 Å². The van der Waals surface area contributed by atoms with E-state index in [9.17, 15) is 9.70 Å². The quantitative estimate of drug-likeness (QED) is 0.443. The number of carbonyl (C=O) groups excluding carboxylic acids is 1. The molecule has 0 N–H and O–H groups in total. The van der Waals surface area contributed by atoms with E-state index in [1.54, 1.807) is 42.4 Å². The first-order chi connectivity index (χ1) is 8.21. The number of benzene rings is 1. The molecule has 0 aliphatic rings. The van der Waals surface area contributed by atoms with E-state index < -0.39 is 0 Å². The van der Waals surface area contributed by atoms with Gasteiger partial charge in [0.25, 0.3) is 0 Å². The number of rotatable bonds is 5. The summed E-state index contributed by atoms with van der Waals surface area (Å²) in [5, 5.41) is 2.85. The fraction of sp³-hybridized carbons (Fsp3) is 0.154. The third-order valence-corrected chi connectivity index (χ3v) is 2.19. The maximum Gasteiger partial charge on any atom is 0.166 e. The molecule has 0 amide bonds. The van der Waals surface area contributed by atoms with E-state index in [0.717, 1.165) is 11.8 Å². The van der Waals surface area contributed by atoms with E-state index in [2.05, 4.69) is 5.18 Å². The average Bonchev–Trinajstić information content (AvgIpc) is 2.36. The second-order valence-corrected chi connectivity index (χ2v) is 3.47. The fourth-order valence-electron chi connectivity index (χ4n) is 1.37. The second kappa shape index (κ2) is 6.37. The molecule has 0 aliphatic carbocycles. The third-order valence-electron chi connectivity index (χ3n) is 2.19. The Morgan fingerprint density at radius 1 is 1.41 bits per heavy atom. The average molecular weight is 230 g/mol. The highest BCUT2D eigenvalue weighted by atomic mass is 16.3. The van der Waals surface area contributed by atoms with Crippen LogP contribution in [0, 0.1) is 4.91 Å². The van der Waals surface area contributed by atoms with Gasteiger partial charge in [-0.25, -0.2) is 0 Å². The van der Waals surface area contributed by atoms with Crippen molar-refractivity contribution in [1.29, 1.82) is 0 Å². The number of nitroso groups, excluding NO2 is 1. The summed E-state index contributed by atoms with van der Waals surface area (Å²) < 4.78 is 0. The molecule has 1 aromatic rings. The van der Waals surface area contributed by atoms with Crippen LogP contribution in [0.1, 0.15) is 12.5 Å². The minimum Gasteiger partial charge on any atom is -0.349 e. The molecule has 0 fully saturated rings. The summed E-state index contributed by atoms with van der Waals surface area (Å²) in [5.41, 5.74) is 1.62. The summed E-state index contributed by atoms with van der Waals surface area (Å²) in [7, 11) is 1.78. The largest absolute Gasteiger partial charge is 0.349 e. The molecule has 0 atom stereocenters. The van der Waals surface area contributed by atoms with Crippen LogP contribution in [-0.2, 0) is 4.79 Å². The van der Waals surface area contributed by atoms with Gasteiger partial charge in [-0.15, -0.1) is 4.91 Å². The summed E-state index contributed by atoms with van der Waals surface area (Å²) >= 11 is 0. The molecule has 0 bridgehead atoms. The molecule has 0 heterocycles. The van der Waals surface area contributed by atoms with Crippen LogP contribution in [0.4, 0.5) is 5.69 Å². The van der Waals surface area contributed by atoms with Gasteiger partial charge >= 0.3 is 0 Å². The van der Waals surface area contributed by atoms with E-state index in [1.807, 2.05) is 19.1 Å². The van der Waals surface area contributed by atoms with Crippen LogP contribution in [0.5, 0.6) is 0 Å². The summed E-state index contributed by atoms with van der Waals surface area (Å²) in [6, 6.07) is 6.77. The zero-order chi connectivity index (χ0) is 12.7. The van der Waals surface area contributed by atoms with Gasteiger partial charge in [0, 0.05) is 7.05 Å². The first-order valence-electron chi connectivity index (χ1n) is 5.17. The van der Waals surface area contributed by atoms with Crippen molar-refractivity contribution in [2.45, 2.75) is 6.92 Å². The monoisotopic (exact) mass is 230 g/mol. The van der Waals surface area contributed by atoms with Crippen molar-refractivity contribution >= 4 is 18.0 Å². The van der Waals surface area contributed by atoms with E-state index in [1.165, 1.54) is 0 Å². The molecule has 0 aromatic heterocycles. The maximum absolute atomic E-state index is 11.0. The minimum atomic E-state index is 0.345. The van der Waals surface area contributed by atoms with Gasteiger partial charge in [0.2, 0.25) is 0 Å². The van der Waals surface area contributed by atoms with Crippen LogP contribution in [-0.4, -0.2) is 18.2 Å². The Morgan fingerprint density at radius 2 is 2.18 bits per heavy atom. The molecule has 0 saturated carbocycles. The zero-order valence-corrected chi connectivity index (χ0v) is 9.83. The van der Waals surface area contributed by atoms with Crippen LogP contribution < -0.4 is 0 Å². The SMILES string of the molecule is C/C=C/N(C)/C(C=O)=C\c1cccc(N=O)c1. The molecule has 1 aromatic carbocycles. The molecule has 1 rings (SSSR count). The van der Waals surface area contributed by atoms with Gasteiger partial charge < -0.3 is 4.90 Å². The number of likely N-dealkylation sites (N-methyl/N-ethyl adjacent to an activating group) is 1. The molecule has 0 radical (unpaired) electrons. The summed E-state index contributed by atoms with van der Waals surface area (Å²) in [6.45, 7) is 1.87. The van der Waals surface area contributed by atoms with Crippen molar-refractivity contribution in [2.24, 2.45) is 5.18 Å². The Bertz CT molecular complexity index is 464. The van der Waals surface area contributed by atoms with Crippen molar-refractivity contribution in [3.63, 3.8) is 0 Å². The van der Waals surface area contributed by atoms with Crippen LogP contribution in [0.15, 0.2) is 47.4 Å². The smallest absolute Gasteiger partial charge is 0.166 e. The molecule has 0 saturated heterocycles. The normalized spacial score (nSPS) is 11.5. The van der Waals surface area contributed by atoms with Crippen LogP contribution in [0.25, 0.3) is 6.08 Å². The highest BCUT2D eigenvalue weighted by Gasteiger charge is 2.00. The van der Waals surface area contributed by atoms with E-state index in [0.29, 0.717) is 11.4 Å². The number of nitrogens with zero attached hydrogens (tertiary/aromatic N) is 2. The molecule has 88 valence electrons. The van der Waals surface area contributed by atoms with E-state index in [4.69, 9.17) is 0 Å². The Kier molecular flexibility index (Phi) is 4.81. The predicted molar refractivity (Wildman–Crippen MR) is 68.5 cm³/mol. The number of aldehydes is 1. The van der Waals surface area contributed by atoms with Crippen LogP contribution in [0.2, 0.25) is 0 Å². The summed E-state index contributed by atoms with van der Waals surface area (Å²) in [5.74, 6) is 0. The Hall–Kier alpha value is -2.23. The lowest BCUT2D eigenvalue weighted by Crippen LogP contribution is -2.10. The number of hydrogen-bond acceptors (Lipinski definition) is 4. The molecular weight excluding hydrogens is 216 g/mol. The van der Waals surface area contributed by atoms with E-state index >= 15 is 0 Å². The zero-order valence-electron chi connectivity index (χ0n) is 9.83.